The smallest absolute Gasteiger partial charge is 0.206 e. The van der Waals surface area contributed by atoms with E-state index in [-0.39, 0.29) is 5.96 Å². The molecule has 40 valence electrons. The van der Waals surface area contributed by atoms with Gasteiger partial charge in [-0.1, -0.05) is 0 Å². The topological polar surface area (TPSA) is 100 Å². The van der Waals surface area contributed by atoms with Crippen LogP contribution in [0, 0.1) is 5.41 Å². The summed E-state index contributed by atoms with van der Waals surface area (Å²) in [6.07, 6.45) is 1.02. The molecule has 5 heteroatoms. The van der Waals surface area contributed by atoms with Gasteiger partial charge in [-0.05, 0) is 0 Å². The van der Waals surface area contributed by atoms with E-state index in [2.05, 4.69) is 10.5 Å². The van der Waals surface area contributed by atoms with Gasteiger partial charge in [-0.2, -0.15) is 5.10 Å². The Balaban J connectivity index is 3.14. The first-order valence-electron chi connectivity index (χ1n) is 1.60. The number of hydrazone groups is 1. The van der Waals surface area contributed by atoms with Crippen LogP contribution in [0.4, 0.5) is 0 Å². The molecule has 0 bridgehead atoms. The average Bonchev–Trinajstić information content (AvgIpc) is 1.61. The lowest BCUT2D eigenvalue weighted by atomic mass is 11.1. The van der Waals surface area contributed by atoms with E-state index in [4.69, 9.17) is 16.9 Å². The van der Waals surface area contributed by atoms with Crippen molar-refractivity contribution < 1.29 is 0 Å². The average molecular weight is 101 g/mol. The molecule has 0 heterocycles. The Kier molecular flexibility index (Phi) is 2.42. The zero-order chi connectivity index (χ0) is 5.70. The fourth-order valence-electron chi connectivity index (χ4n) is 0.107. The van der Waals surface area contributed by atoms with Crippen molar-refractivity contribution in [2.24, 2.45) is 16.6 Å². The van der Waals surface area contributed by atoms with E-state index < -0.39 is 0 Å². The molecule has 7 heavy (non-hydrogen) atoms. The second-order valence-corrected chi connectivity index (χ2v) is 0.804. The zero-order valence-electron chi connectivity index (χ0n) is 3.68. The maximum absolute atomic E-state index is 6.50. The SMILES string of the molecule is N=C(N)NN=CN. The lowest BCUT2D eigenvalue weighted by Crippen LogP contribution is -2.25. The molecular formula is C2H7N5. The van der Waals surface area contributed by atoms with Crippen LogP contribution in [0.25, 0.3) is 0 Å². The maximum Gasteiger partial charge on any atom is 0.206 e. The third-order valence-corrected chi connectivity index (χ3v) is 0.260. The summed E-state index contributed by atoms with van der Waals surface area (Å²) in [5, 5.41) is 9.72. The first-order chi connectivity index (χ1) is 3.27. The van der Waals surface area contributed by atoms with Crippen molar-refractivity contribution in [2.45, 2.75) is 0 Å². The molecule has 0 fully saturated rings. The molecule has 0 atom stereocenters. The Labute approximate surface area is 40.9 Å². The molecule has 0 rings (SSSR count). The molecule has 0 spiro atoms. The van der Waals surface area contributed by atoms with Gasteiger partial charge >= 0.3 is 0 Å². The van der Waals surface area contributed by atoms with Crippen LogP contribution in [0.3, 0.4) is 0 Å². The summed E-state index contributed by atoms with van der Waals surface area (Å²) in [6, 6.07) is 0. The summed E-state index contributed by atoms with van der Waals surface area (Å²) in [6.45, 7) is 0. The second kappa shape index (κ2) is 2.95. The molecule has 0 aliphatic carbocycles. The van der Waals surface area contributed by atoms with Crippen LogP contribution in [-0.2, 0) is 0 Å². The van der Waals surface area contributed by atoms with Gasteiger partial charge in [0.25, 0.3) is 0 Å². The van der Waals surface area contributed by atoms with E-state index in [1.54, 1.807) is 0 Å². The summed E-state index contributed by atoms with van der Waals surface area (Å²) in [7, 11) is 0. The molecule has 0 aromatic carbocycles. The van der Waals surface area contributed by atoms with Gasteiger partial charge in [-0.3, -0.25) is 5.41 Å². The number of hydrogen-bond donors (Lipinski definition) is 4. The molecule has 0 aromatic rings. The third kappa shape index (κ3) is 4.74. The molecule has 0 aliphatic rings. The van der Waals surface area contributed by atoms with Gasteiger partial charge in [0.2, 0.25) is 5.96 Å². The molecule has 0 amide bonds. The Bertz CT molecular complexity index is 84.1. The van der Waals surface area contributed by atoms with E-state index in [9.17, 15) is 0 Å². The molecule has 0 saturated carbocycles. The van der Waals surface area contributed by atoms with E-state index in [1.807, 2.05) is 0 Å². The highest BCUT2D eigenvalue weighted by atomic mass is 15.3. The van der Waals surface area contributed by atoms with Crippen LogP contribution in [0.5, 0.6) is 0 Å². The van der Waals surface area contributed by atoms with Crippen molar-refractivity contribution >= 4 is 12.3 Å². The summed E-state index contributed by atoms with van der Waals surface area (Å²) in [4.78, 5) is 0. The number of nitrogens with one attached hydrogen (secondary N) is 2. The monoisotopic (exact) mass is 101 g/mol. The Morgan fingerprint density at radius 2 is 2.43 bits per heavy atom. The first-order valence-corrected chi connectivity index (χ1v) is 1.60. The largest absolute Gasteiger partial charge is 0.388 e. The molecule has 0 unspecified atom stereocenters. The fraction of sp³-hybridized carbons (Fsp3) is 0. The highest BCUT2D eigenvalue weighted by Crippen LogP contribution is 1.46. The minimum absolute atomic E-state index is 0.221. The Morgan fingerprint density at radius 3 is 2.57 bits per heavy atom. The van der Waals surface area contributed by atoms with Crippen molar-refractivity contribution in [2.75, 3.05) is 0 Å². The lowest BCUT2D eigenvalue weighted by Gasteiger charge is -1.88. The van der Waals surface area contributed by atoms with Crippen LogP contribution in [0.2, 0.25) is 0 Å². The van der Waals surface area contributed by atoms with Gasteiger partial charge < -0.3 is 11.5 Å². The fourth-order valence-corrected chi connectivity index (χ4v) is 0.107. The van der Waals surface area contributed by atoms with Crippen LogP contribution in [-0.4, -0.2) is 12.3 Å². The van der Waals surface area contributed by atoms with Gasteiger partial charge in [-0.15, -0.1) is 0 Å². The summed E-state index contributed by atoms with van der Waals surface area (Å²) in [5.41, 5.74) is 11.7. The Morgan fingerprint density at radius 1 is 1.86 bits per heavy atom. The third-order valence-electron chi connectivity index (χ3n) is 0.260. The predicted molar refractivity (Wildman–Crippen MR) is 27.7 cm³/mol. The first kappa shape index (κ1) is 5.74. The van der Waals surface area contributed by atoms with Crippen molar-refractivity contribution in [3.63, 3.8) is 0 Å². The van der Waals surface area contributed by atoms with Crippen molar-refractivity contribution in [3.8, 4) is 0 Å². The normalized spacial score (nSPS) is 9.14. The van der Waals surface area contributed by atoms with Crippen molar-refractivity contribution in [1.29, 1.82) is 5.41 Å². The van der Waals surface area contributed by atoms with Crippen molar-refractivity contribution in [1.82, 2.24) is 5.43 Å². The van der Waals surface area contributed by atoms with Gasteiger partial charge in [0.1, 0.15) is 6.34 Å². The molecule has 6 N–H and O–H groups in total. The standard InChI is InChI=1S/C2H7N5/c3-1-6-7-2(4)5/h1H,(H2,3,6)(H4,4,5,7). The molecular weight excluding hydrogens is 94.1 g/mol. The molecule has 0 aromatic heterocycles. The van der Waals surface area contributed by atoms with E-state index >= 15 is 0 Å². The van der Waals surface area contributed by atoms with Crippen LogP contribution < -0.4 is 16.9 Å². The number of nitrogens with two attached hydrogens (primary N) is 2. The van der Waals surface area contributed by atoms with Crippen LogP contribution in [0.1, 0.15) is 0 Å². The van der Waals surface area contributed by atoms with Gasteiger partial charge in [0, 0.05) is 0 Å². The number of nitrogens with zero attached hydrogens (tertiary/aromatic N) is 1. The molecule has 0 radical (unpaired) electrons. The number of guanidine groups is 1. The number of rotatable bonds is 1. The minimum atomic E-state index is -0.221. The number of hydrogen-bond acceptors (Lipinski definition) is 2. The second-order valence-electron chi connectivity index (χ2n) is 0.804. The molecule has 5 nitrogen and oxygen atoms in total. The van der Waals surface area contributed by atoms with Crippen LogP contribution >= 0.6 is 0 Å². The highest BCUT2D eigenvalue weighted by molar-refractivity contribution is 5.74. The molecule has 0 saturated heterocycles. The van der Waals surface area contributed by atoms with E-state index in [0.717, 1.165) is 6.34 Å². The van der Waals surface area contributed by atoms with E-state index in [1.165, 1.54) is 0 Å². The minimum Gasteiger partial charge on any atom is -0.388 e. The highest BCUT2D eigenvalue weighted by Gasteiger charge is 1.72. The zero-order valence-corrected chi connectivity index (χ0v) is 3.68. The Hall–Kier alpha value is -1.26. The summed E-state index contributed by atoms with van der Waals surface area (Å²) >= 11 is 0. The van der Waals surface area contributed by atoms with Gasteiger partial charge in [-0.25, -0.2) is 5.43 Å². The van der Waals surface area contributed by atoms with Gasteiger partial charge in [0.05, 0.1) is 0 Å². The quantitative estimate of drug-likeness (QED) is 0.181. The maximum atomic E-state index is 6.50. The summed E-state index contributed by atoms with van der Waals surface area (Å²) in [5.74, 6) is -0.221. The van der Waals surface area contributed by atoms with Crippen LogP contribution in [0.15, 0.2) is 5.10 Å². The van der Waals surface area contributed by atoms with Crippen molar-refractivity contribution in [3.05, 3.63) is 0 Å². The van der Waals surface area contributed by atoms with E-state index in [0.29, 0.717) is 0 Å². The predicted octanol–water partition coefficient (Wildman–Crippen LogP) is -1.63. The lowest BCUT2D eigenvalue weighted by molar-refractivity contribution is 0.999. The molecule has 0 aliphatic heterocycles. The summed E-state index contributed by atoms with van der Waals surface area (Å²) < 4.78 is 0. The van der Waals surface area contributed by atoms with Gasteiger partial charge in [0.15, 0.2) is 0 Å².